The first-order valence-electron chi connectivity index (χ1n) is 6.61. The fourth-order valence-electron chi connectivity index (χ4n) is 1.66. The Morgan fingerprint density at radius 3 is 2.70 bits per heavy atom. The maximum Gasteiger partial charge on any atom is 0.272 e. The molecule has 0 aliphatic carbocycles. The average Bonchev–Trinajstić information content (AvgIpc) is 2.38. The van der Waals surface area contributed by atoms with Crippen molar-refractivity contribution in [1.29, 1.82) is 0 Å². The molecule has 20 heavy (non-hydrogen) atoms. The van der Waals surface area contributed by atoms with Gasteiger partial charge in [0.05, 0.1) is 11.5 Å². The maximum atomic E-state index is 11.5. The van der Waals surface area contributed by atoms with Crippen LogP contribution in [-0.4, -0.2) is 23.9 Å². The maximum absolute atomic E-state index is 11.5. The lowest BCUT2D eigenvalue weighted by Gasteiger charge is -2.09. The van der Waals surface area contributed by atoms with Gasteiger partial charge in [-0.25, -0.2) is 0 Å². The van der Waals surface area contributed by atoms with Crippen LogP contribution in [-0.2, 0) is 11.3 Å². The third-order valence-corrected chi connectivity index (χ3v) is 2.79. The molecule has 0 unspecified atom stereocenters. The summed E-state index contributed by atoms with van der Waals surface area (Å²) < 4.78 is 0. The van der Waals surface area contributed by atoms with Crippen LogP contribution in [0.1, 0.15) is 25.0 Å². The number of nitrogens with zero attached hydrogens (tertiary/aromatic N) is 1. The molecule has 6 nitrogen and oxygen atoms in total. The molecule has 0 aliphatic heterocycles. The van der Waals surface area contributed by atoms with E-state index in [0.29, 0.717) is 24.6 Å². The van der Waals surface area contributed by atoms with Crippen LogP contribution in [0.4, 0.5) is 5.69 Å². The lowest BCUT2D eigenvalue weighted by molar-refractivity contribution is -0.385. The number of carbonyl (C=O) groups is 1. The molecule has 1 aromatic rings. The van der Waals surface area contributed by atoms with Crippen molar-refractivity contribution in [2.75, 3.05) is 13.1 Å². The van der Waals surface area contributed by atoms with E-state index in [1.807, 2.05) is 19.9 Å². The highest BCUT2D eigenvalue weighted by Gasteiger charge is 2.10. The number of carbonyl (C=O) groups excluding carboxylic acids is 1. The van der Waals surface area contributed by atoms with E-state index in [0.717, 1.165) is 5.56 Å². The van der Waals surface area contributed by atoms with Crippen LogP contribution in [0.2, 0.25) is 0 Å². The highest BCUT2D eigenvalue weighted by atomic mass is 16.6. The zero-order valence-corrected chi connectivity index (χ0v) is 12.1. The van der Waals surface area contributed by atoms with E-state index < -0.39 is 4.92 Å². The van der Waals surface area contributed by atoms with Gasteiger partial charge in [-0.05, 0) is 18.4 Å². The Hall–Kier alpha value is -1.95. The van der Waals surface area contributed by atoms with Crippen molar-refractivity contribution >= 4 is 11.6 Å². The average molecular weight is 279 g/mol. The minimum Gasteiger partial charge on any atom is -0.355 e. The first-order chi connectivity index (χ1) is 9.40. The molecule has 0 radical (unpaired) electrons. The Balaban J connectivity index is 2.44. The molecule has 6 heteroatoms. The number of nitro groups is 1. The normalized spacial score (nSPS) is 10.6. The number of rotatable bonds is 7. The zero-order chi connectivity index (χ0) is 15.1. The summed E-state index contributed by atoms with van der Waals surface area (Å²) in [5, 5.41) is 16.6. The number of benzene rings is 1. The second-order valence-corrected chi connectivity index (χ2v) is 5.18. The Morgan fingerprint density at radius 1 is 1.40 bits per heavy atom. The zero-order valence-electron chi connectivity index (χ0n) is 12.1. The fourth-order valence-corrected chi connectivity index (χ4v) is 1.66. The number of hydrogen-bond acceptors (Lipinski definition) is 4. The Kier molecular flexibility index (Phi) is 6.11. The van der Waals surface area contributed by atoms with Crippen LogP contribution < -0.4 is 10.6 Å². The summed E-state index contributed by atoms with van der Waals surface area (Å²) in [6.45, 7) is 7.04. The van der Waals surface area contributed by atoms with E-state index in [2.05, 4.69) is 10.6 Å². The highest BCUT2D eigenvalue weighted by molar-refractivity contribution is 5.77. The molecule has 1 amide bonds. The number of nitrogens with one attached hydrogen (secondary N) is 2. The highest BCUT2D eigenvalue weighted by Crippen LogP contribution is 2.18. The number of hydrogen-bond donors (Lipinski definition) is 2. The molecule has 0 heterocycles. The van der Waals surface area contributed by atoms with Gasteiger partial charge in [0, 0.05) is 24.7 Å². The van der Waals surface area contributed by atoms with Crippen molar-refractivity contribution in [3.05, 3.63) is 39.4 Å². The van der Waals surface area contributed by atoms with Crippen LogP contribution in [0.15, 0.2) is 18.2 Å². The molecule has 0 aromatic heterocycles. The molecule has 0 fully saturated rings. The van der Waals surface area contributed by atoms with Crippen molar-refractivity contribution in [3.8, 4) is 0 Å². The molecule has 0 saturated heterocycles. The molecular weight excluding hydrogens is 258 g/mol. The third kappa shape index (κ3) is 5.36. The number of aryl methyl sites for hydroxylation is 1. The van der Waals surface area contributed by atoms with Crippen molar-refractivity contribution in [3.63, 3.8) is 0 Å². The summed E-state index contributed by atoms with van der Waals surface area (Å²) in [7, 11) is 0. The summed E-state index contributed by atoms with van der Waals surface area (Å²) in [5.74, 6) is 0.346. The van der Waals surface area contributed by atoms with Gasteiger partial charge < -0.3 is 10.6 Å². The monoisotopic (exact) mass is 279 g/mol. The van der Waals surface area contributed by atoms with Crippen LogP contribution in [0, 0.1) is 23.0 Å². The Bertz CT molecular complexity index is 487. The van der Waals surface area contributed by atoms with Gasteiger partial charge in [0.15, 0.2) is 0 Å². The second kappa shape index (κ2) is 7.59. The van der Waals surface area contributed by atoms with E-state index in [9.17, 15) is 14.9 Å². The molecule has 0 spiro atoms. The van der Waals surface area contributed by atoms with Gasteiger partial charge in [-0.15, -0.1) is 0 Å². The van der Waals surface area contributed by atoms with Gasteiger partial charge in [0.25, 0.3) is 5.69 Å². The van der Waals surface area contributed by atoms with Crippen LogP contribution >= 0.6 is 0 Å². The quantitative estimate of drug-likeness (QED) is 0.588. The molecule has 2 N–H and O–H groups in total. The molecule has 1 rings (SSSR count). The van der Waals surface area contributed by atoms with E-state index in [4.69, 9.17) is 0 Å². The minimum absolute atomic E-state index is 0.0692. The van der Waals surface area contributed by atoms with Gasteiger partial charge in [-0.2, -0.15) is 0 Å². The van der Waals surface area contributed by atoms with Crippen LogP contribution in [0.25, 0.3) is 0 Å². The van der Waals surface area contributed by atoms with E-state index in [1.165, 1.54) is 6.07 Å². The molecule has 1 aromatic carbocycles. The predicted octanol–water partition coefficient (Wildman–Crippen LogP) is 1.77. The molecule has 110 valence electrons. The minimum atomic E-state index is -0.395. The van der Waals surface area contributed by atoms with Crippen molar-refractivity contribution in [1.82, 2.24) is 10.6 Å². The molecular formula is C14H21N3O3. The van der Waals surface area contributed by atoms with Crippen molar-refractivity contribution in [2.45, 2.75) is 27.3 Å². The Labute approximate surface area is 118 Å². The van der Waals surface area contributed by atoms with Crippen LogP contribution in [0.3, 0.4) is 0 Å². The lowest BCUT2D eigenvalue weighted by atomic mass is 10.1. The number of nitro benzene ring substituents is 1. The standard InChI is InChI=1S/C14H21N3O3/c1-10(2)7-16-14(18)9-15-8-12-5-4-11(3)13(6-12)17(19)20/h4-6,10,15H,7-9H2,1-3H3,(H,16,18). The number of amides is 1. The lowest BCUT2D eigenvalue weighted by Crippen LogP contribution is -2.35. The first kappa shape index (κ1) is 16.1. The summed E-state index contributed by atoms with van der Waals surface area (Å²) in [6.07, 6.45) is 0. The van der Waals surface area contributed by atoms with Crippen molar-refractivity contribution in [2.24, 2.45) is 5.92 Å². The van der Waals surface area contributed by atoms with Crippen molar-refractivity contribution < 1.29 is 9.72 Å². The molecule has 0 bridgehead atoms. The van der Waals surface area contributed by atoms with E-state index in [1.54, 1.807) is 13.0 Å². The van der Waals surface area contributed by atoms with Gasteiger partial charge in [0.1, 0.15) is 0 Å². The topological polar surface area (TPSA) is 84.3 Å². The molecule has 0 aliphatic rings. The summed E-state index contributed by atoms with van der Waals surface area (Å²) in [5.41, 5.74) is 1.53. The van der Waals surface area contributed by atoms with Gasteiger partial charge >= 0.3 is 0 Å². The molecule has 0 saturated carbocycles. The predicted molar refractivity (Wildman–Crippen MR) is 77.4 cm³/mol. The van der Waals surface area contributed by atoms with Gasteiger partial charge in [0.2, 0.25) is 5.91 Å². The van der Waals surface area contributed by atoms with Gasteiger partial charge in [-0.3, -0.25) is 14.9 Å². The van der Waals surface area contributed by atoms with Crippen LogP contribution in [0.5, 0.6) is 0 Å². The van der Waals surface area contributed by atoms with E-state index in [-0.39, 0.29) is 18.1 Å². The largest absolute Gasteiger partial charge is 0.355 e. The van der Waals surface area contributed by atoms with E-state index >= 15 is 0 Å². The van der Waals surface area contributed by atoms with Gasteiger partial charge in [-0.1, -0.05) is 26.0 Å². The fraction of sp³-hybridized carbons (Fsp3) is 0.500. The molecule has 0 atom stereocenters. The Morgan fingerprint density at radius 2 is 2.10 bits per heavy atom. The summed E-state index contributed by atoms with van der Waals surface area (Å²) >= 11 is 0. The first-order valence-corrected chi connectivity index (χ1v) is 6.61. The smallest absolute Gasteiger partial charge is 0.272 e. The third-order valence-electron chi connectivity index (χ3n) is 2.79. The summed E-state index contributed by atoms with van der Waals surface area (Å²) in [4.78, 5) is 21.9. The SMILES string of the molecule is Cc1ccc(CNCC(=O)NCC(C)C)cc1[N+](=O)[O-]. The second-order valence-electron chi connectivity index (χ2n) is 5.18. The summed E-state index contributed by atoms with van der Waals surface area (Å²) in [6, 6.07) is 5.07.